The molecule has 2 rings (SSSR count). The van der Waals surface area contributed by atoms with Crippen molar-refractivity contribution >= 4 is 33.4 Å². The van der Waals surface area contributed by atoms with Gasteiger partial charge in [-0.3, -0.25) is 0 Å². The fourth-order valence-corrected chi connectivity index (χ4v) is 3.85. The second kappa shape index (κ2) is 6.12. The number of anilines is 1. The number of nitrogens with one attached hydrogen (secondary N) is 1. The summed E-state index contributed by atoms with van der Waals surface area (Å²) in [7, 11) is 1.98. The molecule has 4 heteroatoms. The molecule has 1 heterocycles. The van der Waals surface area contributed by atoms with Gasteiger partial charge in [0.05, 0.1) is 5.69 Å². The van der Waals surface area contributed by atoms with Crippen LogP contribution in [0, 0.1) is 0 Å². The normalized spacial score (nSPS) is 20.6. The average Bonchev–Trinajstić information content (AvgIpc) is 2.31. The van der Waals surface area contributed by atoms with Gasteiger partial charge in [-0.25, -0.2) is 0 Å². The minimum Gasteiger partial charge on any atom is -0.366 e. The fourth-order valence-electron chi connectivity index (χ4n) is 2.18. The molecule has 1 fully saturated rings. The Morgan fingerprint density at radius 2 is 2.35 bits per heavy atom. The topological polar surface area (TPSA) is 15.3 Å². The van der Waals surface area contributed by atoms with Crippen LogP contribution in [0.3, 0.4) is 0 Å². The monoisotopic (exact) mass is 314 g/mol. The third-order valence-electron chi connectivity index (χ3n) is 3.07. The summed E-state index contributed by atoms with van der Waals surface area (Å²) in [6.07, 6.45) is 0. The molecular weight excluding hydrogens is 296 g/mol. The summed E-state index contributed by atoms with van der Waals surface area (Å²) >= 11 is 5.76. The van der Waals surface area contributed by atoms with Crippen LogP contribution in [0.1, 0.15) is 12.5 Å². The van der Waals surface area contributed by atoms with E-state index in [4.69, 9.17) is 0 Å². The first-order chi connectivity index (χ1) is 8.22. The molecule has 0 radical (unpaired) electrons. The Morgan fingerprint density at radius 1 is 1.53 bits per heavy atom. The lowest BCUT2D eigenvalue weighted by atomic mass is 10.1. The number of halogens is 1. The molecule has 17 heavy (non-hydrogen) atoms. The van der Waals surface area contributed by atoms with Gasteiger partial charge in [-0.05, 0) is 47.6 Å². The summed E-state index contributed by atoms with van der Waals surface area (Å²) in [5, 5.41) is 3.18. The molecule has 0 amide bonds. The molecule has 0 aliphatic carbocycles. The standard InChI is InChI=1S/C13H19BrN2S/c1-10-9-17-6-5-16(10)13-4-3-11(8-15-2)7-12(13)14/h3-4,7,10,15H,5-6,8-9H2,1-2H3. The van der Waals surface area contributed by atoms with Crippen molar-refractivity contribution in [1.29, 1.82) is 0 Å². The van der Waals surface area contributed by atoms with Crippen LogP contribution >= 0.6 is 27.7 Å². The van der Waals surface area contributed by atoms with Crippen LogP contribution in [0.2, 0.25) is 0 Å². The van der Waals surface area contributed by atoms with Crippen molar-refractivity contribution in [3.63, 3.8) is 0 Å². The SMILES string of the molecule is CNCc1ccc(N2CCSCC2C)c(Br)c1. The van der Waals surface area contributed by atoms with E-state index in [0.717, 1.165) is 13.1 Å². The Balaban J connectivity index is 2.20. The quantitative estimate of drug-likeness (QED) is 0.923. The van der Waals surface area contributed by atoms with Crippen LogP contribution in [-0.2, 0) is 6.54 Å². The molecule has 0 bridgehead atoms. The number of thioether (sulfide) groups is 1. The lowest BCUT2D eigenvalue weighted by Crippen LogP contribution is -2.40. The third kappa shape index (κ3) is 3.18. The van der Waals surface area contributed by atoms with Gasteiger partial charge in [0.15, 0.2) is 0 Å². The predicted molar refractivity (Wildman–Crippen MR) is 81.0 cm³/mol. The summed E-state index contributed by atoms with van der Waals surface area (Å²) in [6, 6.07) is 7.30. The lowest BCUT2D eigenvalue weighted by Gasteiger charge is -2.35. The van der Waals surface area contributed by atoms with Gasteiger partial charge in [0, 0.05) is 35.1 Å². The average molecular weight is 315 g/mol. The largest absolute Gasteiger partial charge is 0.366 e. The highest BCUT2D eigenvalue weighted by Gasteiger charge is 2.20. The zero-order chi connectivity index (χ0) is 12.3. The number of hydrogen-bond donors (Lipinski definition) is 1. The van der Waals surface area contributed by atoms with E-state index in [-0.39, 0.29) is 0 Å². The van der Waals surface area contributed by atoms with Gasteiger partial charge >= 0.3 is 0 Å². The summed E-state index contributed by atoms with van der Waals surface area (Å²) in [6.45, 7) is 4.38. The van der Waals surface area contributed by atoms with E-state index in [2.05, 4.69) is 63.0 Å². The molecule has 2 nitrogen and oxygen atoms in total. The van der Waals surface area contributed by atoms with Crippen LogP contribution in [0.15, 0.2) is 22.7 Å². The highest BCUT2D eigenvalue weighted by molar-refractivity contribution is 9.10. The first-order valence-electron chi connectivity index (χ1n) is 6.00. The minimum atomic E-state index is 0.625. The Hall–Kier alpha value is -0.190. The van der Waals surface area contributed by atoms with Crippen molar-refractivity contribution in [2.75, 3.05) is 30.0 Å². The first kappa shape index (κ1) is 13.2. The zero-order valence-corrected chi connectivity index (χ0v) is 12.8. The molecule has 0 aromatic heterocycles. The fraction of sp³-hybridized carbons (Fsp3) is 0.538. The van der Waals surface area contributed by atoms with Gasteiger partial charge in [0.25, 0.3) is 0 Å². The van der Waals surface area contributed by atoms with E-state index in [1.165, 1.54) is 27.2 Å². The summed E-state index contributed by atoms with van der Waals surface area (Å²) in [4.78, 5) is 2.50. The lowest BCUT2D eigenvalue weighted by molar-refractivity contribution is 0.698. The maximum atomic E-state index is 3.70. The van der Waals surface area contributed by atoms with Crippen molar-refractivity contribution < 1.29 is 0 Å². The second-order valence-electron chi connectivity index (χ2n) is 4.43. The first-order valence-corrected chi connectivity index (χ1v) is 7.94. The highest BCUT2D eigenvalue weighted by Crippen LogP contribution is 2.31. The van der Waals surface area contributed by atoms with E-state index >= 15 is 0 Å². The van der Waals surface area contributed by atoms with Crippen LogP contribution in [0.5, 0.6) is 0 Å². The summed E-state index contributed by atoms with van der Waals surface area (Å²) < 4.78 is 1.21. The zero-order valence-electron chi connectivity index (χ0n) is 10.4. The molecule has 94 valence electrons. The van der Waals surface area contributed by atoms with E-state index in [1.54, 1.807) is 0 Å². The molecule has 1 aliphatic heterocycles. The van der Waals surface area contributed by atoms with Crippen molar-refractivity contribution in [3.8, 4) is 0 Å². The van der Waals surface area contributed by atoms with Gasteiger partial charge in [-0.1, -0.05) is 6.07 Å². The Kier molecular flexibility index (Phi) is 4.77. The molecule has 1 aromatic carbocycles. The van der Waals surface area contributed by atoms with E-state index in [0.29, 0.717) is 6.04 Å². The van der Waals surface area contributed by atoms with Crippen LogP contribution in [-0.4, -0.2) is 31.1 Å². The highest BCUT2D eigenvalue weighted by atomic mass is 79.9. The van der Waals surface area contributed by atoms with Crippen LogP contribution in [0.4, 0.5) is 5.69 Å². The van der Waals surface area contributed by atoms with Gasteiger partial charge in [-0.2, -0.15) is 11.8 Å². The maximum Gasteiger partial charge on any atom is 0.0513 e. The molecule has 1 aromatic rings. The van der Waals surface area contributed by atoms with Crippen molar-refractivity contribution in [2.24, 2.45) is 0 Å². The van der Waals surface area contributed by atoms with Crippen LogP contribution in [0.25, 0.3) is 0 Å². The van der Waals surface area contributed by atoms with Crippen molar-refractivity contribution in [2.45, 2.75) is 19.5 Å². The number of rotatable bonds is 3. The molecule has 1 aliphatic rings. The molecule has 1 atom stereocenters. The van der Waals surface area contributed by atoms with E-state index in [1.807, 2.05) is 7.05 Å². The van der Waals surface area contributed by atoms with Gasteiger partial charge in [-0.15, -0.1) is 0 Å². The van der Waals surface area contributed by atoms with Gasteiger partial charge < -0.3 is 10.2 Å². The molecule has 1 saturated heterocycles. The van der Waals surface area contributed by atoms with Gasteiger partial charge in [0.2, 0.25) is 0 Å². The van der Waals surface area contributed by atoms with Crippen molar-refractivity contribution in [3.05, 3.63) is 28.2 Å². The van der Waals surface area contributed by atoms with E-state index < -0.39 is 0 Å². The number of benzene rings is 1. The Labute approximate surface area is 116 Å². The molecule has 1 N–H and O–H groups in total. The molecular formula is C13H19BrN2S. The minimum absolute atomic E-state index is 0.625. The third-order valence-corrected chi connectivity index (χ3v) is 4.89. The number of nitrogens with zero attached hydrogens (tertiary/aromatic N) is 1. The van der Waals surface area contributed by atoms with Crippen LogP contribution < -0.4 is 10.2 Å². The number of hydrogen-bond acceptors (Lipinski definition) is 3. The molecule has 0 spiro atoms. The van der Waals surface area contributed by atoms with E-state index in [9.17, 15) is 0 Å². The smallest absolute Gasteiger partial charge is 0.0513 e. The molecule has 1 unspecified atom stereocenters. The second-order valence-corrected chi connectivity index (χ2v) is 6.44. The molecule has 0 saturated carbocycles. The van der Waals surface area contributed by atoms with Gasteiger partial charge in [0.1, 0.15) is 0 Å². The van der Waals surface area contributed by atoms with Crippen molar-refractivity contribution in [1.82, 2.24) is 5.32 Å². The Morgan fingerprint density at radius 3 is 3.00 bits per heavy atom. The Bertz CT molecular complexity index is 384. The summed E-state index contributed by atoms with van der Waals surface area (Å²) in [5.41, 5.74) is 2.65. The predicted octanol–water partition coefficient (Wildman–Crippen LogP) is 3.11. The summed E-state index contributed by atoms with van der Waals surface area (Å²) in [5.74, 6) is 2.46. The maximum absolute atomic E-state index is 3.70.